The summed E-state index contributed by atoms with van der Waals surface area (Å²) in [5, 5.41) is 7.74. The van der Waals surface area contributed by atoms with Gasteiger partial charge in [-0.3, -0.25) is 4.79 Å². The molecule has 0 aliphatic carbocycles. The molecular formula is C16H18N4O. The van der Waals surface area contributed by atoms with E-state index in [2.05, 4.69) is 27.2 Å². The number of amides is 1. The molecule has 0 spiro atoms. The Morgan fingerprint density at radius 2 is 1.76 bits per heavy atom. The molecule has 0 atom stereocenters. The summed E-state index contributed by atoms with van der Waals surface area (Å²) < 4.78 is 0. The number of nitrogens with zero attached hydrogens (tertiary/aromatic N) is 4. The maximum atomic E-state index is 12.5. The van der Waals surface area contributed by atoms with E-state index in [0.29, 0.717) is 11.3 Å². The molecule has 5 heteroatoms. The van der Waals surface area contributed by atoms with Crippen molar-refractivity contribution in [3.05, 3.63) is 53.9 Å². The van der Waals surface area contributed by atoms with Gasteiger partial charge in [0.1, 0.15) is 0 Å². The lowest BCUT2D eigenvalue weighted by molar-refractivity contribution is 0.0745. The Labute approximate surface area is 124 Å². The van der Waals surface area contributed by atoms with Gasteiger partial charge in [-0.25, -0.2) is 0 Å². The highest BCUT2D eigenvalue weighted by Crippen LogP contribution is 2.17. The van der Waals surface area contributed by atoms with Crippen molar-refractivity contribution < 1.29 is 4.79 Å². The average Bonchev–Trinajstić information content (AvgIpc) is 2.56. The van der Waals surface area contributed by atoms with Crippen molar-refractivity contribution in [2.45, 2.75) is 6.92 Å². The van der Waals surface area contributed by atoms with Crippen LogP contribution in [0.15, 0.2) is 42.6 Å². The summed E-state index contributed by atoms with van der Waals surface area (Å²) in [6, 6.07) is 12.1. The van der Waals surface area contributed by atoms with E-state index in [0.717, 1.165) is 26.2 Å². The van der Waals surface area contributed by atoms with Gasteiger partial charge in [0, 0.05) is 31.9 Å². The number of rotatable bonds is 2. The van der Waals surface area contributed by atoms with E-state index >= 15 is 0 Å². The first-order chi connectivity index (χ1) is 10.3. The first-order valence-electron chi connectivity index (χ1n) is 7.13. The third kappa shape index (κ3) is 2.86. The predicted octanol–water partition coefficient (Wildman–Crippen LogP) is 1.75. The maximum Gasteiger partial charge on any atom is 0.255 e. The van der Waals surface area contributed by atoms with Crippen molar-refractivity contribution in [3.63, 3.8) is 0 Å². The number of benzene rings is 1. The van der Waals surface area contributed by atoms with E-state index in [1.54, 1.807) is 12.3 Å². The highest BCUT2D eigenvalue weighted by molar-refractivity contribution is 5.95. The fourth-order valence-electron chi connectivity index (χ4n) is 2.61. The van der Waals surface area contributed by atoms with Gasteiger partial charge in [0.15, 0.2) is 0 Å². The van der Waals surface area contributed by atoms with Crippen LogP contribution in [0.2, 0.25) is 0 Å². The van der Waals surface area contributed by atoms with Gasteiger partial charge in [-0.2, -0.15) is 10.2 Å². The van der Waals surface area contributed by atoms with Crippen LogP contribution >= 0.6 is 0 Å². The van der Waals surface area contributed by atoms with Gasteiger partial charge in [-0.1, -0.05) is 18.2 Å². The Bertz CT molecular complexity index is 621. The fraction of sp³-hybridized carbons (Fsp3) is 0.312. The zero-order valence-corrected chi connectivity index (χ0v) is 12.1. The summed E-state index contributed by atoms with van der Waals surface area (Å²) in [4.78, 5) is 16.7. The second kappa shape index (κ2) is 5.91. The number of para-hydroxylation sites is 1. The molecule has 1 fully saturated rings. The fourth-order valence-corrected chi connectivity index (χ4v) is 2.61. The summed E-state index contributed by atoms with van der Waals surface area (Å²) in [6.07, 6.45) is 1.57. The van der Waals surface area contributed by atoms with Crippen LogP contribution in [0.5, 0.6) is 0 Å². The van der Waals surface area contributed by atoms with E-state index < -0.39 is 0 Å². The van der Waals surface area contributed by atoms with E-state index in [1.165, 1.54) is 5.69 Å². The maximum absolute atomic E-state index is 12.5. The van der Waals surface area contributed by atoms with Crippen LogP contribution in [0.3, 0.4) is 0 Å². The minimum absolute atomic E-state index is 0.0510. The molecule has 1 amide bonds. The molecule has 21 heavy (non-hydrogen) atoms. The van der Waals surface area contributed by atoms with Crippen LogP contribution in [0, 0.1) is 6.92 Å². The first kappa shape index (κ1) is 13.5. The molecule has 108 valence electrons. The molecule has 0 unspecified atom stereocenters. The lowest BCUT2D eigenvalue weighted by atomic mass is 10.1. The number of aryl methyl sites for hydroxylation is 1. The van der Waals surface area contributed by atoms with Gasteiger partial charge in [0.2, 0.25) is 0 Å². The molecule has 2 aromatic rings. The molecule has 1 aliphatic heterocycles. The molecule has 1 aromatic carbocycles. The first-order valence-corrected chi connectivity index (χ1v) is 7.13. The summed E-state index contributed by atoms with van der Waals surface area (Å²) in [6.45, 7) is 4.99. The summed E-state index contributed by atoms with van der Waals surface area (Å²) in [5.41, 5.74) is 2.55. The topological polar surface area (TPSA) is 49.3 Å². The Kier molecular flexibility index (Phi) is 3.81. The van der Waals surface area contributed by atoms with Crippen molar-refractivity contribution in [2.24, 2.45) is 0 Å². The Balaban J connectivity index is 1.66. The van der Waals surface area contributed by atoms with Gasteiger partial charge in [-0.05, 0) is 25.1 Å². The average molecular weight is 282 g/mol. The van der Waals surface area contributed by atoms with Gasteiger partial charge in [-0.15, -0.1) is 0 Å². The Morgan fingerprint density at radius 1 is 1.05 bits per heavy atom. The molecule has 0 saturated carbocycles. The van der Waals surface area contributed by atoms with E-state index in [-0.39, 0.29) is 5.91 Å². The number of carbonyl (C=O) groups excluding carboxylic acids is 1. The molecular weight excluding hydrogens is 264 g/mol. The van der Waals surface area contributed by atoms with Crippen molar-refractivity contribution in [3.8, 4) is 0 Å². The number of carbonyl (C=O) groups is 1. The van der Waals surface area contributed by atoms with Crippen molar-refractivity contribution >= 4 is 11.6 Å². The van der Waals surface area contributed by atoms with E-state index in [1.807, 2.05) is 30.0 Å². The minimum atomic E-state index is 0.0510. The number of piperazine rings is 1. The van der Waals surface area contributed by atoms with Gasteiger partial charge < -0.3 is 9.80 Å². The molecule has 0 radical (unpaired) electrons. The zero-order valence-electron chi connectivity index (χ0n) is 12.1. The van der Waals surface area contributed by atoms with Crippen LogP contribution in [0.25, 0.3) is 0 Å². The van der Waals surface area contributed by atoms with Crippen molar-refractivity contribution in [1.82, 2.24) is 15.1 Å². The van der Waals surface area contributed by atoms with Crippen LogP contribution in [0.4, 0.5) is 5.69 Å². The lowest BCUT2D eigenvalue weighted by Gasteiger charge is -2.36. The number of hydrogen-bond donors (Lipinski definition) is 0. The number of anilines is 1. The summed E-state index contributed by atoms with van der Waals surface area (Å²) >= 11 is 0. The largest absolute Gasteiger partial charge is 0.368 e. The molecule has 5 nitrogen and oxygen atoms in total. The van der Waals surface area contributed by atoms with Crippen LogP contribution in [0.1, 0.15) is 16.1 Å². The molecule has 3 rings (SSSR count). The monoisotopic (exact) mass is 282 g/mol. The van der Waals surface area contributed by atoms with Gasteiger partial charge >= 0.3 is 0 Å². The van der Waals surface area contributed by atoms with E-state index in [4.69, 9.17) is 0 Å². The molecule has 1 aliphatic rings. The molecule has 1 aromatic heterocycles. The van der Waals surface area contributed by atoms with Crippen molar-refractivity contribution in [2.75, 3.05) is 31.1 Å². The lowest BCUT2D eigenvalue weighted by Crippen LogP contribution is -2.49. The molecule has 0 bridgehead atoms. The van der Waals surface area contributed by atoms with Crippen LogP contribution in [-0.4, -0.2) is 47.2 Å². The standard InChI is InChI=1S/C16H18N4O/c1-13-15(7-8-17-18-13)16(21)20-11-9-19(10-12-20)14-5-3-2-4-6-14/h2-8H,9-12H2,1H3. The quantitative estimate of drug-likeness (QED) is 0.842. The summed E-state index contributed by atoms with van der Waals surface area (Å²) in [5.74, 6) is 0.0510. The summed E-state index contributed by atoms with van der Waals surface area (Å²) in [7, 11) is 0. The van der Waals surface area contributed by atoms with Gasteiger partial charge in [0.25, 0.3) is 5.91 Å². The van der Waals surface area contributed by atoms with E-state index in [9.17, 15) is 4.79 Å². The van der Waals surface area contributed by atoms with Gasteiger partial charge in [0.05, 0.1) is 17.5 Å². The number of hydrogen-bond acceptors (Lipinski definition) is 4. The number of aromatic nitrogens is 2. The highest BCUT2D eigenvalue weighted by Gasteiger charge is 2.23. The van der Waals surface area contributed by atoms with Crippen molar-refractivity contribution in [1.29, 1.82) is 0 Å². The second-order valence-electron chi connectivity index (χ2n) is 5.15. The molecule has 2 heterocycles. The molecule has 0 N–H and O–H groups in total. The SMILES string of the molecule is Cc1nnccc1C(=O)N1CCN(c2ccccc2)CC1. The minimum Gasteiger partial charge on any atom is -0.368 e. The van der Waals surface area contributed by atoms with Crippen LogP contribution < -0.4 is 4.90 Å². The normalized spacial score (nSPS) is 15.1. The third-order valence-corrected chi connectivity index (χ3v) is 3.82. The second-order valence-corrected chi connectivity index (χ2v) is 5.15. The molecule has 1 saturated heterocycles. The predicted molar refractivity (Wildman–Crippen MR) is 81.3 cm³/mol. The Hall–Kier alpha value is -2.43. The third-order valence-electron chi connectivity index (χ3n) is 3.82. The van der Waals surface area contributed by atoms with Crippen LogP contribution in [-0.2, 0) is 0 Å². The highest BCUT2D eigenvalue weighted by atomic mass is 16.2. The zero-order chi connectivity index (χ0) is 14.7. The smallest absolute Gasteiger partial charge is 0.255 e. The Morgan fingerprint density at radius 3 is 2.43 bits per heavy atom.